The molecule has 104 valence electrons. The first-order valence-corrected chi connectivity index (χ1v) is 6.70. The fourth-order valence-electron chi connectivity index (χ4n) is 2.67. The molecule has 5 heteroatoms. The summed E-state index contributed by atoms with van der Waals surface area (Å²) in [6, 6.07) is 0.110. The summed E-state index contributed by atoms with van der Waals surface area (Å²) in [6.45, 7) is 7.73. The highest BCUT2D eigenvalue weighted by molar-refractivity contribution is 5.68. The van der Waals surface area contributed by atoms with Crippen molar-refractivity contribution in [2.45, 2.75) is 57.3 Å². The molecule has 2 heterocycles. The van der Waals surface area contributed by atoms with Crippen LogP contribution in [0.5, 0.6) is 0 Å². The Morgan fingerprint density at radius 3 is 2.44 bits per heavy atom. The average molecular weight is 256 g/mol. The summed E-state index contributed by atoms with van der Waals surface area (Å²) in [5, 5.41) is 0. The van der Waals surface area contributed by atoms with Crippen molar-refractivity contribution >= 4 is 6.09 Å². The molecule has 0 saturated carbocycles. The molecule has 1 amide bonds. The SMILES string of the molecule is CC(C)(C)OC(=O)N1CCC2(CC1)OCCC2N. The molecular formula is C13H24N2O3. The molecule has 2 aliphatic rings. The van der Waals surface area contributed by atoms with Crippen molar-refractivity contribution in [1.82, 2.24) is 4.90 Å². The monoisotopic (exact) mass is 256 g/mol. The first-order chi connectivity index (χ1) is 8.32. The second kappa shape index (κ2) is 4.70. The Morgan fingerprint density at radius 1 is 1.39 bits per heavy atom. The Labute approximate surface area is 109 Å². The standard InChI is InChI=1S/C13H24N2O3/c1-12(2,3)18-11(16)15-7-5-13(6-8-15)10(14)4-9-17-13/h10H,4-9,14H2,1-3H3. The summed E-state index contributed by atoms with van der Waals surface area (Å²) in [7, 11) is 0. The van der Waals surface area contributed by atoms with Crippen LogP contribution in [0.4, 0.5) is 4.79 Å². The summed E-state index contributed by atoms with van der Waals surface area (Å²) >= 11 is 0. The summed E-state index contributed by atoms with van der Waals surface area (Å²) in [5.74, 6) is 0. The fraction of sp³-hybridized carbons (Fsp3) is 0.923. The van der Waals surface area contributed by atoms with Crippen molar-refractivity contribution in [1.29, 1.82) is 0 Å². The molecule has 1 spiro atoms. The average Bonchev–Trinajstić information content (AvgIpc) is 2.59. The summed E-state index contributed by atoms with van der Waals surface area (Å²) < 4.78 is 11.2. The van der Waals surface area contributed by atoms with E-state index in [1.807, 2.05) is 20.8 Å². The lowest BCUT2D eigenvalue weighted by molar-refractivity contribution is -0.0548. The summed E-state index contributed by atoms with van der Waals surface area (Å²) in [4.78, 5) is 13.7. The van der Waals surface area contributed by atoms with Crippen molar-refractivity contribution in [3.8, 4) is 0 Å². The molecule has 0 aromatic carbocycles. The van der Waals surface area contributed by atoms with Crippen LogP contribution in [-0.4, -0.2) is 47.9 Å². The van der Waals surface area contributed by atoms with Gasteiger partial charge in [-0.15, -0.1) is 0 Å². The van der Waals surface area contributed by atoms with E-state index in [2.05, 4.69) is 0 Å². The number of piperidine rings is 1. The molecule has 2 fully saturated rings. The minimum Gasteiger partial charge on any atom is -0.444 e. The minimum absolute atomic E-state index is 0.110. The van der Waals surface area contributed by atoms with Crippen LogP contribution in [0.2, 0.25) is 0 Å². The van der Waals surface area contributed by atoms with Crippen molar-refractivity contribution in [2.24, 2.45) is 5.73 Å². The number of carbonyl (C=O) groups excluding carboxylic acids is 1. The number of nitrogens with zero attached hydrogens (tertiary/aromatic N) is 1. The van der Waals surface area contributed by atoms with Gasteiger partial charge in [-0.05, 0) is 40.0 Å². The van der Waals surface area contributed by atoms with Gasteiger partial charge in [-0.2, -0.15) is 0 Å². The molecule has 0 aromatic rings. The highest BCUT2D eigenvalue weighted by Gasteiger charge is 2.45. The number of likely N-dealkylation sites (tertiary alicyclic amines) is 1. The van der Waals surface area contributed by atoms with E-state index in [1.54, 1.807) is 4.90 Å². The number of ether oxygens (including phenoxy) is 2. The van der Waals surface area contributed by atoms with Gasteiger partial charge < -0.3 is 20.1 Å². The maximum atomic E-state index is 11.9. The topological polar surface area (TPSA) is 64.8 Å². The molecule has 2 N–H and O–H groups in total. The Kier molecular flexibility index (Phi) is 3.56. The molecule has 1 unspecified atom stereocenters. The maximum Gasteiger partial charge on any atom is 0.410 e. The zero-order valence-corrected chi connectivity index (χ0v) is 11.6. The van der Waals surface area contributed by atoms with Crippen LogP contribution >= 0.6 is 0 Å². The van der Waals surface area contributed by atoms with Crippen molar-refractivity contribution < 1.29 is 14.3 Å². The first-order valence-electron chi connectivity index (χ1n) is 6.70. The van der Waals surface area contributed by atoms with Crippen molar-refractivity contribution in [2.75, 3.05) is 19.7 Å². The van der Waals surface area contributed by atoms with E-state index in [0.29, 0.717) is 13.1 Å². The van der Waals surface area contributed by atoms with E-state index in [-0.39, 0.29) is 17.7 Å². The highest BCUT2D eigenvalue weighted by Crippen LogP contribution is 2.35. The molecule has 0 aliphatic carbocycles. The number of hydrogen-bond acceptors (Lipinski definition) is 4. The quantitative estimate of drug-likeness (QED) is 0.713. The van der Waals surface area contributed by atoms with Crippen LogP contribution < -0.4 is 5.73 Å². The van der Waals surface area contributed by atoms with Crippen molar-refractivity contribution in [3.63, 3.8) is 0 Å². The third-order valence-electron chi connectivity index (χ3n) is 3.76. The lowest BCUT2D eigenvalue weighted by Gasteiger charge is -2.41. The van der Waals surface area contributed by atoms with Gasteiger partial charge in [-0.3, -0.25) is 0 Å². The van der Waals surface area contributed by atoms with Gasteiger partial charge in [0.05, 0.1) is 5.60 Å². The van der Waals surface area contributed by atoms with E-state index in [0.717, 1.165) is 25.9 Å². The molecule has 2 rings (SSSR count). The van der Waals surface area contributed by atoms with E-state index in [9.17, 15) is 4.79 Å². The van der Waals surface area contributed by atoms with Gasteiger partial charge in [0.25, 0.3) is 0 Å². The zero-order valence-electron chi connectivity index (χ0n) is 11.6. The van der Waals surface area contributed by atoms with Crippen LogP contribution in [-0.2, 0) is 9.47 Å². The zero-order chi connectivity index (χ0) is 13.4. The van der Waals surface area contributed by atoms with Crippen LogP contribution in [0, 0.1) is 0 Å². The lowest BCUT2D eigenvalue weighted by atomic mass is 9.85. The smallest absolute Gasteiger partial charge is 0.410 e. The van der Waals surface area contributed by atoms with E-state index in [4.69, 9.17) is 15.2 Å². The predicted molar refractivity (Wildman–Crippen MR) is 68.3 cm³/mol. The van der Waals surface area contributed by atoms with Gasteiger partial charge >= 0.3 is 6.09 Å². The predicted octanol–water partition coefficient (Wildman–Crippen LogP) is 1.50. The lowest BCUT2D eigenvalue weighted by Crippen LogP contribution is -2.54. The van der Waals surface area contributed by atoms with E-state index >= 15 is 0 Å². The maximum absolute atomic E-state index is 11.9. The van der Waals surface area contributed by atoms with Crippen molar-refractivity contribution in [3.05, 3.63) is 0 Å². The molecular weight excluding hydrogens is 232 g/mol. The molecule has 5 nitrogen and oxygen atoms in total. The third-order valence-corrected chi connectivity index (χ3v) is 3.76. The Hall–Kier alpha value is -0.810. The van der Waals surface area contributed by atoms with Gasteiger partial charge in [-0.25, -0.2) is 4.79 Å². The second-order valence-electron chi connectivity index (χ2n) is 6.28. The van der Waals surface area contributed by atoms with Gasteiger partial charge in [0.2, 0.25) is 0 Å². The van der Waals surface area contributed by atoms with Crippen LogP contribution in [0.1, 0.15) is 40.0 Å². The highest BCUT2D eigenvalue weighted by atomic mass is 16.6. The number of amides is 1. The van der Waals surface area contributed by atoms with Crippen LogP contribution in [0.15, 0.2) is 0 Å². The summed E-state index contributed by atoms with van der Waals surface area (Å²) in [5.41, 5.74) is 5.47. The summed E-state index contributed by atoms with van der Waals surface area (Å²) in [6.07, 6.45) is 2.32. The van der Waals surface area contributed by atoms with Gasteiger partial charge in [-0.1, -0.05) is 0 Å². The van der Waals surface area contributed by atoms with Crippen LogP contribution in [0.3, 0.4) is 0 Å². The third kappa shape index (κ3) is 2.78. The Morgan fingerprint density at radius 2 is 2.00 bits per heavy atom. The molecule has 2 aliphatic heterocycles. The first kappa shape index (κ1) is 13.6. The number of nitrogens with two attached hydrogens (primary N) is 1. The molecule has 0 radical (unpaired) electrons. The normalized spacial score (nSPS) is 27.6. The van der Waals surface area contributed by atoms with E-state index < -0.39 is 5.60 Å². The van der Waals surface area contributed by atoms with Gasteiger partial charge in [0, 0.05) is 25.7 Å². The Bertz CT molecular complexity index is 317. The van der Waals surface area contributed by atoms with Gasteiger partial charge in [0.1, 0.15) is 5.60 Å². The number of rotatable bonds is 0. The van der Waals surface area contributed by atoms with E-state index in [1.165, 1.54) is 0 Å². The second-order valence-corrected chi connectivity index (χ2v) is 6.28. The molecule has 18 heavy (non-hydrogen) atoms. The number of carbonyl (C=O) groups is 1. The fourth-order valence-corrected chi connectivity index (χ4v) is 2.67. The molecule has 2 saturated heterocycles. The van der Waals surface area contributed by atoms with Crippen LogP contribution in [0.25, 0.3) is 0 Å². The van der Waals surface area contributed by atoms with Gasteiger partial charge in [0.15, 0.2) is 0 Å². The molecule has 0 bridgehead atoms. The Balaban J connectivity index is 1.89. The number of hydrogen-bond donors (Lipinski definition) is 1. The minimum atomic E-state index is -0.438. The molecule has 1 atom stereocenters. The molecule has 0 aromatic heterocycles. The largest absolute Gasteiger partial charge is 0.444 e.